The van der Waals surface area contributed by atoms with E-state index in [4.69, 9.17) is 5.11 Å². The number of benzene rings is 2. The van der Waals surface area contributed by atoms with Crippen LogP contribution < -0.4 is 10.2 Å². The number of carbonyl (C=O) groups excluding carboxylic acids is 1. The summed E-state index contributed by atoms with van der Waals surface area (Å²) in [7, 11) is 0. The van der Waals surface area contributed by atoms with Crippen LogP contribution in [0.2, 0.25) is 0 Å². The van der Waals surface area contributed by atoms with E-state index < -0.39 is 5.97 Å². The van der Waals surface area contributed by atoms with Crippen LogP contribution in [0.4, 0.5) is 21.9 Å². The zero-order valence-electron chi connectivity index (χ0n) is 15.1. The van der Waals surface area contributed by atoms with Crippen LogP contribution in [0.15, 0.2) is 48.5 Å². The molecule has 0 aliphatic carbocycles. The van der Waals surface area contributed by atoms with Gasteiger partial charge >= 0.3 is 12.0 Å². The lowest BCUT2D eigenvalue weighted by Crippen LogP contribution is -2.42. The molecular weight excluding hydrogens is 342 g/mol. The fourth-order valence-electron chi connectivity index (χ4n) is 3.93. The Morgan fingerprint density at radius 1 is 0.926 bits per heavy atom. The number of para-hydroxylation sites is 3. The molecule has 2 aromatic carbocycles. The van der Waals surface area contributed by atoms with Crippen molar-refractivity contribution in [2.24, 2.45) is 5.92 Å². The van der Waals surface area contributed by atoms with Crippen molar-refractivity contribution in [3.05, 3.63) is 54.1 Å². The number of hydrogen-bond acceptors (Lipinski definition) is 3. The number of aliphatic carboxylic acids is 1. The molecule has 2 N–H and O–H groups in total. The van der Waals surface area contributed by atoms with E-state index in [0.717, 1.165) is 24.3 Å². The summed E-state index contributed by atoms with van der Waals surface area (Å²) in [5.41, 5.74) is 4.26. The predicted molar refractivity (Wildman–Crippen MR) is 105 cm³/mol. The van der Waals surface area contributed by atoms with E-state index in [9.17, 15) is 9.59 Å². The zero-order valence-corrected chi connectivity index (χ0v) is 15.1. The summed E-state index contributed by atoms with van der Waals surface area (Å²) in [6.07, 6.45) is 1.99. The molecule has 27 heavy (non-hydrogen) atoms. The first-order chi connectivity index (χ1) is 13.1. The lowest BCUT2D eigenvalue weighted by atomic mass is 9.97. The van der Waals surface area contributed by atoms with Gasteiger partial charge in [0, 0.05) is 25.3 Å². The molecule has 1 saturated heterocycles. The van der Waals surface area contributed by atoms with Gasteiger partial charge in [-0.15, -0.1) is 0 Å². The van der Waals surface area contributed by atoms with Crippen molar-refractivity contribution >= 4 is 29.1 Å². The van der Waals surface area contributed by atoms with Gasteiger partial charge in [-0.1, -0.05) is 30.3 Å². The minimum atomic E-state index is -0.770. The number of nitrogens with zero attached hydrogens (tertiary/aromatic N) is 2. The van der Waals surface area contributed by atoms with Gasteiger partial charge in [0.15, 0.2) is 0 Å². The highest BCUT2D eigenvalue weighted by molar-refractivity contribution is 5.94. The van der Waals surface area contributed by atoms with E-state index in [1.165, 1.54) is 11.3 Å². The molecule has 0 unspecified atom stereocenters. The second-order valence-electron chi connectivity index (χ2n) is 7.08. The molecule has 1 fully saturated rings. The maximum Gasteiger partial charge on any atom is 0.321 e. The molecule has 0 radical (unpaired) electrons. The predicted octanol–water partition coefficient (Wildman–Crippen LogP) is 3.71. The SMILES string of the molecule is O=C(O)C1CCN(C(=O)Nc2ccccc2N2CCc3ccccc32)CC1. The van der Waals surface area contributed by atoms with E-state index in [2.05, 4.69) is 28.4 Å². The highest BCUT2D eigenvalue weighted by atomic mass is 16.4. The van der Waals surface area contributed by atoms with Crippen LogP contribution in [-0.4, -0.2) is 41.6 Å². The van der Waals surface area contributed by atoms with Gasteiger partial charge in [-0.05, 0) is 43.0 Å². The molecule has 2 aliphatic heterocycles. The van der Waals surface area contributed by atoms with E-state index in [1.807, 2.05) is 30.3 Å². The first-order valence-electron chi connectivity index (χ1n) is 9.36. The number of urea groups is 1. The van der Waals surface area contributed by atoms with E-state index in [1.54, 1.807) is 4.90 Å². The summed E-state index contributed by atoms with van der Waals surface area (Å²) in [5.74, 6) is -1.12. The van der Waals surface area contributed by atoms with Gasteiger partial charge in [-0.2, -0.15) is 0 Å². The van der Waals surface area contributed by atoms with Gasteiger partial charge < -0.3 is 20.2 Å². The van der Waals surface area contributed by atoms with Gasteiger partial charge in [0.1, 0.15) is 0 Å². The minimum absolute atomic E-state index is 0.168. The number of anilines is 3. The van der Waals surface area contributed by atoms with E-state index in [0.29, 0.717) is 25.9 Å². The highest BCUT2D eigenvalue weighted by Gasteiger charge is 2.28. The molecule has 2 aromatic rings. The van der Waals surface area contributed by atoms with Crippen LogP contribution in [0.3, 0.4) is 0 Å². The van der Waals surface area contributed by atoms with Gasteiger partial charge in [0.05, 0.1) is 17.3 Å². The average Bonchev–Trinajstić information content (AvgIpc) is 3.12. The molecule has 4 rings (SSSR count). The van der Waals surface area contributed by atoms with Gasteiger partial charge in [0.25, 0.3) is 0 Å². The first-order valence-corrected chi connectivity index (χ1v) is 9.36. The Kier molecular flexibility index (Phi) is 4.71. The van der Waals surface area contributed by atoms with Crippen LogP contribution in [0.1, 0.15) is 18.4 Å². The second-order valence-corrected chi connectivity index (χ2v) is 7.08. The van der Waals surface area contributed by atoms with Crippen LogP contribution in [0, 0.1) is 5.92 Å². The quantitative estimate of drug-likeness (QED) is 0.870. The van der Waals surface area contributed by atoms with Crippen molar-refractivity contribution in [2.45, 2.75) is 19.3 Å². The molecule has 2 heterocycles. The molecule has 6 heteroatoms. The maximum atomic E-state index is 12.7. The van der Waals surface area contributed by atoms with Crippen molar-refractivity contribution in [3.8, 4) is 0 Å². The maximum absolute atomic E-state index is 12.7. The molecule has 0 atom stereocenters. The van der Waals surface area contributed by atoms with Crippen LogP contribution in [-0.2, 0) is 11.2 Å². The van der Waals surface area contributed by atoms with E-state index in [-0.39, 0.29) is 11.9 Å². The Morgan fingerprint density at radius 3 is 2.33 bits per heavy atom. The van der Waals surface area contributed by atoms with E-state index >= 15 is 0 Å². The third-order valence-electron chi connectivity index (χ3n) is 5.46. The van der Waals surface area contributed by atoms with Crippen molar-refractivity contribution in [1.82, 2.24) is 4.90 Å². The molecular formula is C21H23N3O3. The number of nitrogens with one attached hydrogen (secondary N) is 1. The monoisotopic (exact) mass is 365 g/mol. The molecule has 0 bridgehead atoms. The first kappa shape index (κ1) is 17.4. The second kappa shape index (κ2) is 7.31. The largest absolute Gasteiger partial charge is 0.481 e. The van der Waals surface area contributed by atoms with Crippen LogP contribution in [0.25, 0.3) is 0 Å². The number of carboxylic acids is 1. The fourth-order valence-corrected chi connectivity index (χ4v) is 3.93. The van der Waals surface area contributed by atoms with Crippen molar-refractivity contribution in [2.75, 3.05) is 29.9 Å². The Bertz CT molecular complexity index is 859. The lowest BCUT2D eigenvalue weighted by molar-refractivity contribution is -0.143. The number of likely N-dealkylation sites (tertiary alicyclic amines) is 1. The third-order valence-corrected chi connectivity index (χ3v) is 5.46. The zero-order chi connectivity index (χ0) is 18.8. The van der Waals surface area contributed by atoms with Gasteiger partial charge in [-0.25, -0.2) is 4.79 Å². The number of carbonyl (C=O) groups is 2. The third kappa shape index (κ3) is 3.47. The summed E-state index contributed by atoms with van der Waals surface area (Å²) >= 11 is 0. The average molecular weight is 365 g/mol. The van der Waals surface area contributed by atoms with Crippen LogP contribution in [0.5, 0.6) is 0 Å². The summed E-state index contributed by atoms with van der Waals surface area (Å²) in [4.78, 5) is 27.7. The molecule has 0 aromatic heterocycles. The molecule has 0 saturated carbocycles. The molecule has 6 nitrogen and oxygen atoms in total. The number of hydrogen-bond donors (Lipinski definition) is 2. The van der Waals surface area contributed by atoms with Crippen molar-refractivity contribution in [1.29, 1.82) is 0 Å². The molecule has 2 amide bonds. The Balaban J connectivity index is 1.50. The Hall–Kier alpha value is -3.02. The van der Waals surface area contributed by atoms with Gasteiger partial charge in [-0.3, -0.25) is 4.79 Å². The molecule has 2 aliphatic rings. The Morgan fingerprint density at radius 2 is 1.59 bits per heavy atom. The van der Waals surface area contributed by atoms with Gasteiger partial charge in [0.2, 0.25) is 0 Å². The Labute approximate surface area is 158 Å². The molecule has 140 valence electrons. The number of rotatable bonds is 3. The summed E-state index contributed by atoms with van der Waals surface area (Å²) < 4.78 is 0. The van der Waals surface area contributed by atoms with Crippen molar-refractivity contribution < 1.29 is 14.7 Å². The van der Waals surface area contributed by atoms with Crippen molar-refractivity contribution in [3.63, 3.8) is 0 Å². The minimum Gasteiger partial charge on any atom is -0.481 e. The summed E-state index contributed by atoms with van der Waals surface area (Å²) in [6.45, 7) is 1.82. The normalized spacial score (nSPS) is 16.9. The standard InChI is InChI=1S/C21H23N3O3/c25-20(26)16-9-12-23(13-10-16)21(27)22-17-6-2-4-8-19(17)24-14-11-15-5-1-3-7-18(15)24/h1-8,16H,9-14H2,(H,22,27)(H,25,26). The highest BCUT2D eigenvalue weighted by Crippen LogP contribution is 2.38. The smallest absolute Gasteiger partial charge is 0.321 e. The topological polar surface area (TPSA) is 72.9 Å². The summed E-state index contributed by atoms with van der Waals surface area (Å²) in [5, 5.41) is 12.1. The number of amides is 2. The fraction of sp³-hybridized carbons (Fsp3) is 0.333. The number of carboxylic acid groups (broad SMARTS) is 1. The number of fused-ring (bicyclic) bond motifs is 1. The lowest BCUT2D eigenvalue weighted by Gasteiger charge is -2.31. The molecule has 0 spiro atoms. The number of piperidine rings is 1. The van der Waals surface area contributed by atoms with Crippen LogP contribution >= 0.6 is 0 Å². The summed E-state index contributed by atoms with van der Waals surface area (Å²) in [6, 6.07) is 16.0.